The van der Waals surface area contributed by atoms with Gasteiger partial charge in [-0.05, 0) is 56.5 Å². The van der Waals surface area contributed by atoms with Crippen LogP contribution >= 0.6 is 0 Å². The zero-order chi connectivity index (χ0) is 19.7. The van der Waals surface area contributed by atoms with Gasteiger partial charge < -0.3 is 15.1 Å². The largest absolute Gasteiger partial charge is 0.464 e. The van der Waals surface area contributed by atoms with E-state index in [1.807, 2.05) is 30.1 Å². The lowest BCUT2D eigenvalue weighted by Crippen LogP contribution is -2.31. The maximum atomic E-state index is 12.5. The number of rotatable bonds is 8. The van der Waals surface area contributed by atoms with Crippen molar-refractivity contribution in [3.05, 3.63) is 53.5 Å². The number of carbonyl (C=O) groups excluding carboxylic acids is 2. The molecule has 0 radical (unpaired) electrons. The van der Waals surface area contributed by atoms with Crippen molar-refractivity contribution in [2.75, 3.05) is 18.9 Å². The third kappa shape index (κ3) is 4.62. The maximum Gasteiger partial charge on any atom is 0.253 e. The highest BCUT2D eigenvalue weighted by atomic mass is 16.3. The fourth-order valence-corrected chi connectivity index (χ4v) is 3.44. The summed E-state index contributed by atoms with van der Waals surface area (Å²) < 4.78 is 5.92. The first kappa shape index (κ1) is 18.7. The predicted octanol–water partition coefficient (Wildman–Crippen LogP) is 3.37. The van der Waals surface area contributed by atoms with Gasteiger partial charge in [0.05, 0.1) is 24.3 Å². The number of amides is 2. The first-order valence-electron chi connectivity index (χ1n) is 9.96. The number of nitrogens with zero attached hydrogens (tertiary/aromatic N) is 1. The molecule has 0 spiro atoms. The Labute approximate surface area is 165 Å². The van der Waals surface area contributed by atoms with Crippen LogP contribution in [0.25, 0.3) is 0 Å². The lowest BCUT2D eigenvalue weighted by molar-refractivity contribution is -0.117. The molecule has 2 aliphatic rings. The van der Waals surface area contributed by atoms with Gasteiger partial charge in [-0.1, -0.05) is 19.1 Å². The molecule has 6 nitrogen and oxygen atoms in total. The topological polar surface area (TPSA) is 74.6 Å². The second-order valence-electron chi connectivity index (χ2n) is 8.14. The van der Waals surface area contributed by atoms with Crippen molar-refractivity contribution in [1.29, 1.82) is 0 Å². The Morgan fingerprint density at radius 1 is 1.18 bits per heavy atom. The summed E-state index contributed by atoms with van der Waals surface area (Å²) in [6.45, 7) is 3.01. The Morgan fingerprint density at radius 2 is 1.93 bits per heavy atom. The zero-order valence-corrected chi connectivity index (χ0v) is 16.4. The second-order valence-corrected chi connectivity index (χ2v) is 8.14. The molecule has 6 heteroatoms. The van der Waals surface area contributed by atoms with Crippen molar-refractivity contribution in [2.24, 2.45) is 5.92 Å². The molecule has 148 valence electrons. The van der Waals surface area contributed by atoms with Gasteiger partial charge in [0.1, 0.15) is 11.5 Å². The summed E-state index contributed by atoms with van der Waals surface area (Å²) in [6, 6.07) is 11.4. The van der Waals surface area contributed by atoms with Crippen LogP contribution in [0.4, 0.5) is 5.69 Å². The average molecular weight is 381 g/mol. The molecule has 2 aromatic rings. The monoisotopic (exact) mass is 381 g/mol. The van der Waals surface area contributed by atoms with Crippen LogP contribution in [0, 0.1) is 5.92 Å². The summed E-state index contributed by atoms with van der Waals surface area (Å²) in [5, 5.41) is 5.83. The first-order valence-corrected chi connectivity index (χ1v) is 9.96. The smallest absolute Gasteiger partial charge is 0.253 e. The summed E-state index contributed by atoms with van der Waals surface area (Å²) in [5.74, 6) is 2.89. The third-order valence-electron chi connectivity index (χ3n) is 5.35. The number of carbonyl (C=O) groups is 2. The molecule has 2 saturated carbocycles. The van der Waals surface area contributed by atoms with E-state index in [0.29, 0.717) is 29.6 Å². The lowest BCUT2D eigenvalue weighted by Gasteiger charge is -2.16. The van der Waals surface area contributed by atoms with E-state index in [9.17, 15) is 9.59 Å². The van der Waals surface area contributed by atoms with Gasteiger partial charge in [0.15, 0.2) is 0 Å². The van der Waals surface area contributed by atoms with Gasteiger partial charge in [-0.2, -0.15) is 0 Å². The van der Waals surface area contributed by atoms with Crippen LogP contribution in [-0.4, -0.2) is 36.3 Å². The van der Waals surface area contributed by atoms with E-state index in [4.69, 9.17) is 4.42 Å². The summed E-state index contributed by atoms with van der Waals surface area (Å²) in [4.78, 5) is 26.7. The van der Waals surface area contributed by atoms with Crippen molar-refractivity contribution < 1.29 is 14.0 Å². The number of furan rings is 1. The minimum atomic E-state index is -0.156. The Hall–Kier alpha value is -2.60. The molecule has 1 aromatic heterocycles. The van der Waals surface area contributed by atoms with Crippen molar-refractivity contribution in [1.82, 2.24) is 10.2 Å². The van der Waals surface area contributed by atoms with E-state index >= 15 is 0 Å². The molecule has 2 aliphatic carbocycles. The number of likely N-dealkylation sites (N-methyl/N-ethyl adjacent to an activating group) is 1. The van der Waals surface area contributed by atoms with E-state index in [1.54, 1.807) is 18.2 Å². The van der Waals surface area contributed by atoms with Crippen molar-refractivity contribution in [3.8, 4) is 0 Å². The molecule has 1 heterocycles. The highest BCUT2D eigenvalue weighted by molar-refractivity contribution is 6.04. The standard InChI is InChI=1S/C22H27N3O3/c1-14-11-18(14)20-10-9-16(28-20)12-25(2)13-21(26)24-19-6-4-3-5-17(19)22(27)23-15-7-8-15/h3-6,9-10,14-15,18H,7-8,11-13H2,1-2H3,(H,23,27)(H,24,26)/t14-,18-/m1/s1. The zero-order valence-electron chi connectivity index (χ0n) is 16.4. The first-order chi connectivity index (χ1) is 13.5. The van der Waals surface area contributed by atoms with Crippen LogP contribution in [0.3, 0.4) is 0 Å². The molecule has 0 saturated heterocycles. The van der Waals surface area contributed by atoms with Gasteiger partial charge in [0.2, 0.25) is 5.91 Å². The predicted molar refractivity (Wildman–Crippen MR) is 107 cm³/mol. The van der Waals surface area contributed by atoms with E-state index in [-0.39, 0.29) is 24.4 Å². The maximum absolute atomic E-state index is 12.5. The molecular formula is C22H27N3O3. The van der Waals surface area contributed by atoms with Gasteiger partial charge in [0.25, 0.3) is 5.91 Å². The number of hydrogen-bond donors (Lipinski definition) is 2. The molecule has 2 atom stereocenters. The molecule has 0 aliphatic heterocycles. The molecule has 0 bridgehead atoms. The van der Waals surface area contributed by atoms with Gasteiger partial charge in [-0.25, -0.2) is 0 Å². The molecule has 2 amide bonds. The highest BCUT2D eigenvalue weighted by Gasteiger charge is 2.36. The van der Waals surface area contributed by atoms with E-state index < -0.39 is 0 Å². The van der Waals surface area contributed by atoms with Crippen LogP contribution in [0.2, 0.25) is 0 Å². The Kier molecular flexibility index (Phi) is 5.22. The minimum absolute atomic E-state index is 0.135. The van der Waals surface area contributed by atoms with Gasteiger partial charge in [-0.15, -0.1) is 0 Å². The number of benzene rings is 1. The lowest BCUT2D eigenvalue weighted by atomic mass is 10.1. The molecule has 0 unspecified atom stereocenters. The summed E-state index contributed by atoms with van der Waals surface area (Å²) >= 11 is 0. The fourth-order valence-electron chi connectivity index (χ4n) is 3.44. The fraction of sp³-hybridized carbons (Fsp3) is 0.455. The van der Waals surface area contributed by atoms with Gasteiger partial charge >= 0.3 is 0 Å². The second kappa shape index (κ2) is 7.80. The highest BCUT2D eigenvalue weighted by Crippen LogP contribution is 2.47. The van der Waals surface area contributed by atoms with Crippen LogP contribution < -0.4 is 10.6 Å². The molecule has 2 N–H and O–H groups in total. The van der Waals surface area contributed by atoms with Gasteiger partial charge in [-0.3, -0.25) is 14.5 Å². The quantitative estimate of drug-likeness (QED) is 0.735. The van der Waals surface area contributed by atoms with Crippen molar-refractivity contribution in [2.45, 2.75) is 44.7 Å². The van der Waals surface area contributed by atoms with Crippen LogP contribution in [0.1, 0.15) is 54.0 Å². The SMILES string of the molecule is C[C@@H]1C[C@H]1c1ccc(CN(C)CC(=O)Nc2ccccc2C(=O)NC2CC2)o1. The number of nitrogens with one attached hydrogen (secondary N) is 2. The van der Waals surface area contributed by atoms with Crippen LogP contribution in [0.5, 0.6) is 0 Å². The summed E-state index contributed by atoms with van der Waals surface area (Å²) in [6.07, 6.45) is 3.25. The third-order valence-corrected chi connectivity index (χ3v) is 5.35. The van der Waals surface area contributed by atoms with Crippen molar-refractivity contribution in [3.63, 3.8) is 0 Å². The number of hydrogen-bond acceptors (Lipinski definition) is 4. The minimum Gasteiger partial charge on any atom is -0.464 e. The van der Waals surface area contributed by atoms with Crippen molar-refractivity contribution >= 4 is 17.5 Å². The average Bonchev–Trinajstić information content (AvgIpc) is 3.56. The van der Waals surface area contributed by atoms with E-state index in [0.717, 1.165) is 24.4 Å². The molecule has 2 fully saturated rings. The van der Waals surface area contributed by atoms with Crippen LogP contribution in [-0.2, 0) is 11.3 Å². The molecule has 1 aromatic carbocycles. The number of anilines is 1. The Bertz CT molecular complexity index is 871. The van der Waals surface area contributed by atoms with E-state index in [2.05, 4.69) is 17.6 Å². The molecule has 4 rings (SSSR count). The van der Waals surface area contributed by atoms with Gasteiger partial charge in [0, 0.05) is 12.0 Å². The number of para-hydroxylation sites is 1. The van der Waals surface area contributed by atoms with E-state index in [1.165, 1.54) is 6.42 Å². The Balaban J connectivity index is 1.31. The Morgan fingerprint density at radius 3 is 2.64 bits per heavy atom. The van der Waals surface area contributed by atoms with Crippen LogP contribution in [0.15, 0.2) is 40.8 Å². The summed E-state index contributed by atoms with van der Waals surface area (Å²) in [7, 11) is 1.88. The normalized spacial score (nSPS) is 20.8. The summed E-state index contributed by atoms with van der Waals surface area (Å²) in [5.41, 5.74) is 1.04. The molecular weight excluding hydrogens is 354 g/mol. The molecule has 28 heavy (non-hydrogen) atoms.